The molecule has 0 bridgehead atoms. The lowest BCUT2D eigenvalue weighted by Crippen LogP contribution is -2.48. The van der Waals surface area contributed by atoms with E-state index in [1.165, 1.54) is 10.4 Å². The van der Waals surface area contributed by atoms with Crippen LogP contribution in [-0.4, -0.2) is 72.4 Å². The van der Waals surface area contributed by atoms with Gasteiger partial charge in [0, 0.05) is 29.0 Å². The number of ether oxygens (including phenoxy) is 2. The number of carbonyl (C=O) groups is 1. The Morgan fingerprint density at radius 1 is 1.33 bits per heavy atom. The number of halogens is 1. The van der Waals surface area contributed by atoms with Gasteiger partial charge in [-0.1, -0.05) is 17.7 Å². The van der Waals surface area contributed by atoms with E-state index >= 15 is 0 Å². The molecule has 2 atom stereocenters. The molecular weight excluding hydrogens is 460 g/mol. The number of thiophene rings is 1. The van der Waals surface area contributed by atoms with Crippen molar-refractivity contribution in [1.82, 2.24) is 9.80 Å². The summed E-state index contributed by atoms with van der Waals surface area (Å²) in [5, 5.41) is 13.1. The molecule has 1 amide bonds. The van der Waals surface area contributed by atoms with Crippen LogP contribution in [0.2, 0.25) is 5.02 Å². The average molecular weight is 491 g/mol. The molecule has 2 aromatic rings. The van der Waals surface area contributed by atoms with Crippen LogP contribution in [0.15, 0.2) is 48.4 Å². The Kier molecular flexibility index (Phi) is 8.44. The number of carbonyl (C=O) groups excluding carboxylic acids is 1. The Bertz CT molecular complexity index is 931. The highest BCUT2D eigenvalue weighted by molar-refractivity contribution is 7.10. The lowest BCUT2D eigenvalue weighted by atomic mass is 10.0. The molecule has 0 radical (unpaired) electrons. The average Bonchev–Trinajstić information content (AvgIpc) is 3.55. The van der Waals surface area contributed by atoms with E-state index in [9.17, 15) is 9.90 Å². The summed E-state index contributed by atoms with van der Waals surface area (Å²) in [6.07, 6.45) is 4.01. The maximum atomic E-state index is 13.5. The van der Waals surface area contributed by atoms with Crippen molar-refractivity contribution < 1.29 is 19.4 Å². The van der Waals surface area contributed by atoms with Gasteiger partial charge in [-0.05, 0) is 60.5 Å². The van der Waals surface area contributed by atoms with E-state index in [1.54, 1.807) is 29.5 Å². The van der Waals surface area contributed by atoms with E-state index in [2.05, 4.69) is 22.9 Å². The molecule has 6 nitrogen and oxygen atoms in total. The molecule has 1 aromatic heterocycles. The Balaban J connectivity index is 1.41. The maximum Gasteiger partial charge on any atom is 0.237 e. The van der Waals surface area contributed by atoms with Gasteiger partial charge in [0.1, 0.15) is 12.4 Å². The maximum absolute atomic E-state index is 13.5. The van der Waals surface area contributed by atoms with Crippen molar-refractivity contribution in [2.45, 2.75) is 37.5 Å². The number of benzene rings is 1. The monoisotopic (exact) mass is 490 g/mol. The molecular formula is C25H31ClN2O4S. The smallest absolute Gasteiger partial charge is 0.237 e. The van der Waals surface area contributed by atoms with Crippen LogP contribution in [0, 0.1) is 0 Å². The van der Waals surface area contributed by atoms with Crippen LogP contribution in [0.4, 0.5) is 0 Å². The lowest BCUT2D eigenvalue weighted by Gasteiger charge is -2.37. The summed E-state index contributed by atoms with van der Waals surface area (Å²) < 4.78 is 11.4. The summed E-state index contributed by atoms with van der Waals surface area (Å²) in [7, 11) is 0. The Labute approximate surface area is 204 Å². The molecule has 2 heterocycles. The largest absolute Gasteiger partial charge is 0.491 e. The molecule has 1 aliphatic carbocycles. The molecule has 4 rings (SSSR count). The molecule has 1 N–H and O–H groups in total. The standard InChI is InChI=1S/C25H31ClN2O4S/c1-2-12-31-16-20(29)14-27(19-5-6-19)15-25(30)28-11-9-24-22(10-13-33-24)23(28)17-32-21-7-3-18(26)4-8-21/h2-4,7-8,10,13,19-20,23,29H,1,5-6,9,11-12,14-17H2/t20-,23+/m0/s1. The van der Waals surface area contributed by atoms with Gasteiger partial charge in [-0.2, -0.15) is 0 Å². The normalized spacial score (nSPS) is 18.8. The molecule has 2 aliphatic rings. The second-order valence-corrected chi connectivity index (χ2v) is 9.99. The highest BCUT2D eigenvalue weighted by Gasteiger charge is 2.36. The van der Waals surface area contributed by atoms with Crippen molar-refractivity contribution in [3.05, 3.63) is 63.8 Å². The highest BCUT2D eigenvalue weighted by Crippen LogP contribution is 2.35. The number of amides is 1. The van der Waals surface area contributed by atoms with Gasteiger partial charge in [-0.15, -0.1) is 17.9 Å². The molecule has 1 fully saturated rings. The van der Waals surface area contributed by atoms with Crippen molar-refractivity contribution in [2.75, 3.05) is 39.5 Å². The van der Waals surface area contributed by atoms with Gasteiger partial charge in [-0.25, -0.2) is 0 Å². The third kappa shape index (κ3) is 6.58. The zero-order chi connectivity index (χ0) is 23.2. The van der Waals surface area contributed by atoms with Crippen LogP contribution in [0.1, 0.15) is 29.3 Å². The number of fused-ring (bicyclic) bond motifs is 1. The van der Waals surface area contributed by atoms with Gasteiger partial charge in [0.25, 0.3) is 0 Å². The first-order valence-electron chi connectivity index (χ1n) is 11.4. The van der Waals surface area contributed by atoms with Gasteiger partial charge in [0.15, 0.2) is 0 Å². The van der Waals surface area contributed by atoms with Crippen molar-refractivity contribution in [3.8, 4) is 5.75 Å². The summed E-state index contributed by atoms with van der Waals surface area (Å²) in [5.41, 5.74) is 1.17. The number of hydrogen-bond donors (Lipinski definition) is 1. The summed E-state index contributed by atoms with van der Waals surface area (Å²) >= 11 is 7.72. The van der Waals surface area contributed by atoms with Crippen LogP contribution >= 0.6 is 22.9 Å². The quantitative estimate of drug-likeness (QED) is 0.361. The zero-order valence-electron chi connectivity index (χ0n) is 18.7. The van der Waals surface area contributed by atoms with E-state index < -0.39 is 6.10 Å². The Morgan fingerprint density at radius 3 is 2.85 bits per heavy atom. The molecule has 1 aliphatic heterocycles. The summed E-state index contributed by atoms with van der Waals surface area (Å²) in [4.78, 5) is 18.8. The molecule has 1 aromatic carbocycles. The number of rotatable bonds is 12. The van der Waals surface area contributed by atoms with Crippen LogP contribution in [-0.2, 0) is 16.0 Å². The first kappa shape index (κ1) is 24.2. The fourth-order valence-electron chi connectivity index (χ4n) is 4.24. The molecule has 0 spiro atoms. The SMILES string of the molecule is C=CCOC[C@@H](O)CN(CC(=O)N1CCc2sccc2[C@H]1COc1ccc(Cl)cc1)C1CC1. The molecule has 178 valence electrons. The van der Waals surface area contributed by atoms with Crippen molar-refractivity contribution in [1.29, 1.82) is 0 Å². The van der Waals surface area contributed by atoms with Crippen molar-refractivity contribution >= 4 is 28.8 Å². The molecule has 8 heteroatoms. The van der Waals surface area contributed by atoms with E-state index in [0.29, 0.717) is 43.9 Å². The van der Waals surface area contributed by atoms with Crippen LogP contribution in [0.3, 0.4) is 0 Å². The number of aliphatic hydroxyl groups excluding tert-OH is 1. The fourth-order valence-corrected chi connectivity index (χ4v) is 5.29. The minimum atomic E-state index is -0.632. The van der Waals surface area contributed by atoms with Crippen LogP contribution in [0.25, 0.3) is 0 Å². The first-order valence-corrected chi connectivity index (χ1v) is 12.7. The third-order valence-electron chi connectivity index (χ3n) is 6.03. The molecule has 0 unspecified atom stereocenters. The number of hydrogen-bond acceptors (Lipinski definition) is 6. The van der Waals surface area contributed by atoms with Gasteiger partial charge < -0.3 is 19.5 Å². The van der Waals surface area contributed by atoms with Gasteiger partial charge >= 0.3 is 0 Å². The van der Waals surface area contributed by atoms with Gasteiger partial charge in [0.05, 0.1) is 31.9 Å². The van der Waals surface area contributed by atoms with Gasteiger partial charge in [0.2, 0.25) is 5.91 Å². The Hall–Kier alpha value is -1.90. The molecule has 33 heavy (non-hydrogen) atoms. The predicted molar refractivity (Wildman–Crippen MR) is 131 cm³/mol. The number of nitrogens with zero attached hydrogens (tertiary/aromatic N) is 2. The second-order valence-electron chi connectivity index (χ2n) is 8.56. The summed E-state index contributed by atoms with van der Waals surface area (Å²) in [5.74, 6) is 0.805. The predicted octanol–water partition coefficient (Wildman–Crippen LogP) is 3.93. The minimum Gasteiger partial charge on any atom is -0.491 e. The van der Waals surface area contributed by atoms with E-state index in [-0.39, 0.29) is 18.6 Å². The highest BCUT2D eigenvalue weighted by atomic mass is 35.5. The summed E-state index contributed by atoms with van der Waals surface area (Å²) in [6, 6.07) is 9.61. The first-order chi connectivity index (χ1) is 16.0. The lowest BCUT2D eigenvalue weighted by molar-refractivity contribution is -0.136. The minimum absolute atomic E-state index is 0.0719. The summed E-state index contributed by atoms with van der Waals surface area (Å²) in [6.45, 7) is 6.05. The fraction of sp³-hybridized carbons (Fsp3) is 0.480. The third-order valence-corrected chi connectivity index (χ3v) is 7.28. The Morgan fingerprint density at radius 2 is 2.12 bits per heavy atom. The number of aliphatic hydroxyl groups is 1. The molecule has 0 saturated heterocycles. The van der Waals surface area contributed by atoms with Crippen molar-refractivity contribution in [3.63, 3.8) is 0 Å². The zero-order valence-corrected chi connectivity index (χ0v) is 20.3. The topological polar surface area (TPSA) is 62.2 Å². The van der Waals surface area contributed by atoms with E-state index in [1.807, 2.05) is 17.0 Å². The van der Waals surface area contributed by atoms with Crippen LogP contribution in [0.5, 0.6) is 5.75 Å². The molecule has 1 saturated carbocycles. The van der Waals surface area contributed by atoms with Crippen molar-refractivity contribution in [2.24, 2.45) is 0 Å². The van der Waals surface area contributed by atoms with Gasteiger partial charge in [-0.3, -0.25) is 9.69 Å². The van der Waals surface area contributed by atoms with E-state index in [4.69, 9.17) is 21.1 Å². The van der Waals surface area contributed by atoms with E-state index in [0.717, 1.165) is 25.0 Å². The van der Waals surface area contributed by atoms with Crippen LogP contribution < -0.4 is 4.74 Å². The second kappa shape index (κ2) is 11.5.